The van der Waals surface area contributed by atoms with Crippen LogP contribution >= 0.6 is 11.6 Å². The fourth-order valence-electron chi connectivity index (χ4n) is 4.34. The number of anilines is 1. The van der Waals surface area contributed by atoms with Gasteiger partial charge in [0.15, 0.2) is 0 Å². The van der Waals surface area contributed by atoms with E-state index in [0.29, 0.717) is 30.0 Å². The zero-order chi connectivity index (χ0) is 28.2. The second-order valence-electron chi connectivity index (χ2n) is 8.90. The van der Waals surface area contributed by atoms with Gasteiger partial charge in [0, 0.05) is 16.8 Å². The summed E-state index contributed by atoms with van der Waals surface area (Å²) in [6.45, 7) is 1.48. The van der Waals surface area contributed by atoms with Crippen LogP contribution in [-0.4, -0.2) is 45.8 Å². The summed E-state index contributed by atoms with van der Waals surface area (Å²) in [6.07, 6.45) is 0.972. The fourth-order valence-corrected chi connectivity index (χ4v) is 5.43. The molecule has 1 unspecified atom stereocenters. The van der Waals surface area contributed by atoms with Crippen molar-refractivity contribution in [3.8, 4) is 5.75 Å². The van der Waals surface area contributed by atoms with E-state index in [9.17, 15) is 23.3 Å². The third-order valence-corrected chi connectivity index (χ3v) is 7.83. The number of methoxy groups -OCH3 is 1. The van der Waals surface area contributed by atoms with Crippen molar-refractivity contribution < 1.29 is 31.8 Å². The molecule has 12 heteroatoms. The number of carbonyl (C=O) groups excluding carboxylic acids is 1. The first-order valence-corrected chi connectivity index (χ1v) is 13.9. The minimum Gasteiger partial charge on any atom is -0.496 e. The zero-order valence-corrected chi connectivity index (χ0v) is 22.9. The molecule has 0 aromatic heterocycles. The van der Waals surface area contributed by atoms with Crippen molar-refractivity contribution in [2.45, 2.75) is 37.3 Å². The molecule has 3 aromatic carbocycles. The number of rotatable bonds is 9. The average molecular weight is 575 g/mol. The summed E-state index contributed by atoms with van der Waals surface area (Å²) in [7, 11) is -2.66. The third-order valence-electron chi connectivity index (χ3n) is 6.27. The van der Waals surface area contributed by atoms with Gasteiger partial charge in [0.05, 0.1) is 41.8 Å². The molecule has 0 N–H and O–H groups in total. The van der Waals surface area contributed by atoms with E-state index >= 15 is 0 Å². The quantitative estimate of drug-likeness (QED) is 0.146. The van der Waals surface area contributed by atoms with E-state index in [2.05, 4.69) is 0 Å². The molecule has 1 heterocycles. The molecule has 0 radical (unpaired) electrons. The molecule has 0 saturated carbocycles. The maximum Gasteiger partial charge on any atom is 0.297 e. The second kappa shape index (κ2) is 12.1. The Labute approximate surface area is 231 Å². The molecule has 206 valence electrons. The van der Waals surface area contributed by atoms with Crippen LogP contribution in [0, 0.1) is 17.0 Å². The second-order valence-corrected chi connectivity index (χ2v) is 10.9. The number of fused-ring (bicyclic) bond motifs is 1. The van der Waals surface area contributed by atoms with Crippen LogP contribution in [0.5, 0.6) is 5.75 Å². The molecule has 39 heavy (non-hydrogen) atoms. The molecule has 4 rings (SSSR count). The Morgan fingerprint density at radius 3 is 2.54 bits per heavy atom. The van der Waals surface area contributed by atoms with Crippen LogP contribution in [0.25, 0.3) is 0 Å². The molecular formula is C27H27ClN2O8S. The molecule has 0 saturated heterocycles. The predicted octanol–water partition coefficient (Wildman–Crippen LogP) is 5.30. The molecule has 1 atom stereocenters. The number of non-ortho nitro benzene ring substituents is 1. The SMILES string of the molecule is COc1cc([N+](=O)[O-])ccc1C(=O)N1c2ccc(Cl)cc2CCCC1OCCOS(=O)(=O)c1ccc(C)cc1. The topological polar surface area (TPSA) is 125 Å². The number of halogens is 1. The molecule has 10 nitrogen and oxygen atoms in total. The summed E-state index contributed by atoms with van der Waals surface area (Å²) >= 11 is 6.22. The van der Waals surface area contributed by atoms with Gasteiger partial charge < -0.3 is 9.47 Å². The largest absolute Gasteiger partial charge is 0.496 e. The van der Waals surface area contributed by atoms with Gasteiger partial charge in [-0.1, -0.05) is 29.3 Å². The van der Waals surface area contributed by atoms with Crippen molar-refractivity contribution in [3.63, 3.8) is 0 Å². The minimum absolute atomic E-state index is 0.0374. The van der Waals surface area contributed by atoms with E-state index in [-0.39, 0.29) is 35.1 Å². The van der Waals surface area contributed by atoms with E-state index in [1.807, 2.05) is 6.92 Å². The van der Waals surface area contributed by atoms with Crippen molar-refractivity contribution in [2.24, 2.45) is 0 Å². The summed E-state index contributed by atoms with van der Waals surface area (Å²) in [5, 5.41) is 11.8. The van der Waals surface area contributed by atoms with E-state index < -0.39 is 27.2 Å². The van der Waals surface area contributed by atoms with Gasteiger partial charge in [-0.3, -0.25) is 24.0 Å². The standard InChI is InChI=1S/C27H27ClN2O8S/c1-18-6-10-22(11-7-18)39(34,35)38-15-14-37-26-5-3-4-19-16-20(28)8-13-24(19)29(26)27(31)23-12-9-21(30(32)33)17-25(23)36-2/h6-13,16-17,26H,3-5,14-15H2,1-2H3. The van der Waals surface area contributed by atoms with Crippen molar-refractivity contribution in [2.75, 3.05) is 25.2 Å². The van der Waals surface area contributed by atoms with Crippen LogP contribution < -0.4 is 9.64 Å². The summed E-state index contributed by atoms with van der Waals surface area (Å²) < 4.78 is 41.6. The van der Waals surface area contributed by atoms with Crippen LogP contribution in [0.2, 0.25) is 5.02 Å². The summed E-state index contributed by atoms with van der Waals surface area (Å²) in [5.74, 6) is -0.453. The van der Waals surface area contributed by atoms with Gasteiger partial charge in [0.1, 0.15) is 12.0 Å². The number of nitro groups is 1. The normalized spacial score (nSPS) is 15.4. The van der Waals surface area contributed by atoms with Crippen LogP contribution in [0.15, 0.2) is 65.6 Å². The molecule has 0 fully saturated rings. The van der Waals surface area contributed by atoms with Gasteiger partial charge in [-0.05, 0) is 68.1 Å². The Balaban J connectivity index is 1.58. The van der Waals surface area contributed by atoms with Crippen LogP contribution in [0.4, 0.5) is 11.4 Å². The fraction of sp³-hybridized carbons (Fsp3) is 0.296. The monoisotopic (exact) mass is 574 g/mol. The smallest absolute Gasteiger partial charge is 0.297 e. The van der Waals surface area contributed by atoms with E-state index in [1.54, 1.807) is 30.3 Å². The zero-order valence-electron chi connectivity index (χ0n) is 21.3. The van der Waals surface area contributed by atoms with Crippen LogP contribution in [-0.2, 0) is 25.5 Å². The first-order chi connectivity index (χ1) is 18.6. The first-order valence-electron chi connectivity index (χ1n) is 12.1. The molecule has 3 aromatic rings. The van der Waals surface area contributed by atoms with Crippen LogP contribution in [0.1, 0.15) is 34.3 Å². The van der Waals surface area contributed by atoms with Gasteiger partial charge in [-0.2, -0.15) is 8.42 Å². The average Bonchev–Trinajstić information content (AvgIpc) is 3.09. The molecule has 0 bridgehead atoms. The highest BCUT2D eigenvalue weighted by molar-refractivity contribution is 7.86. The number of nitro benzene ring substituents is 1. The molecule has 1 aliphatic heterocycles. The lowest BCUT2D eigenvalue weighted by atomic mass is 10.1. The highest BCUT2D eigenvalue weighted by atomic mass is 35.5. The number of aryl methyl sites for hydroxylation is 2. The molecule has 1 amide bonds. The highest BCUT2D eigenvalue weighted by Crippen LogP contribution is 2.35. The number of nitrogens with zero attached hydrogens (tertiary/aromatic N) is 2. The van der Waals surface area contributed by atoms with Gasteiger partial charge in [-0.25, -0.2) is 0 Å². The first kappa shape index (κ1) is 28.5. The van der Waals surface area contributed by atoms with Crippen LogP contribution in [0.3, 0.4) is 0 Å². The lowest BCUT2D eigenvalue weighted by molar-refractivity contribution is -0.384. The summed E-state index contributed by atoms with van der Waals surface area (Å²) in [5.41, 5.74) is 2.21. The molecule has 1 aliphatic rings. The maximum absolute atomic E-state index is 13.9. The van der Waals surface area contributed by atoms with Crippen molar-refractivity contribution in [3.05, 3.63) is 92.5 Å². The third kappa shape index (κ3) is 6.56. The lowest BCUT2D eigenvalue weighted by Crippen LogP contribution is -2.42. The molecule has 0 spiro atoms. The molecular weight excluding hydrogens is 548 g/mol. The minimum atomic E-state index is -3.98. The Morgan fingerprint density at radius 1 is 1.10 bits per heavy atom. The van der Waals surface area contributed by atoms with E-state index in [0.717, 1.165) is 11.1 Å². The Bertz CT molecular complexity index is 1480. The number of ether oxygens (including phenoxy) is 2. The van der Waals surface area contributed by atoms with Gasteiger partial charge in [0.25, 0.3) is 21.7 Å². The molecule has 0 aliphatic carbocycles. The van der Waals surface area contributed by atoms with Crippen molar-refractivity contribution in [1.82, 2.24) is 0 Å². The summed E-state index contributed by atoms with van der Waals surface area (Å²) in [4.78, 5) is 26.1. The lowest BCUT2D eigenvalue weighted by Gasteiger charge is -2.31. The summed E-state index contributed by atoms with van der Waals surface area (Å²) in [6, 6.07) is 15.2. The van der Waals surface area contributed by atoms with E-state index in [1.165, 1.54) is 42.3 Å². The maximum atomic E-state index is 13.9. The number of carbonyl (C=O) groups is 1. The van der Waals surface area contributed by atoms with Crippen molar-refractivity contribution >= 4 is 39.0 Å². The predicted molar refractivity (Wildman–Crippen MR) is 145 cm³/mol. The highest BCUT2D eigenvalue weighted by Gasteiger charge is 2.33. The Hall–Kier alpha value is -3.51. The Morgan fingerprint density at radius 2 is 1.85 bits per heavy atom. The number of hydrogen-bond donors (Lipinski definition) is 0. The van der Waals surface area contributed by atoms with E-state index in [4.69, 9.17) is 25.3 Å². The number of benzene rings is 3. The van der Waals surface area contributed by atoms with Gasteiger partial charge in [-0.15, -0.1) is 0 Å². The van der Waals surface area contributed by atoms with Gasteiger partial charge in [0.2, 0.25) is 0 Å². The van der Waals surface area contributed by atoms with Crippen molar-refractivity contribution in [1.29, 1.82) is 0 Å². The Kier molecular flexibility index (Phi) is 8.86. The number of amides is 1. The van der Waals surface area contributed by atoms with Gasteiger partial charge >= 0.3 is 0 Å². The number of hydrogen-bond acceptors (Lipinski definition) is 8.